The molecule has 1 aliphatic heterocycles. The summed E-state index contributed by atoms with van der Waals surface area (Å²) in [6, 6.07) is 4.99. The molecule has 0 aromatic heterocycles. The monoisotopic (exact) mass is 252 g/mol. The fourth-order valence-corrected chi connectivity index (χ4v) is 2.08. The quantitative estimate of drug-likeness (QED) is 0.522. The van der Waals surface area contributed by atoms with Gasteiger partial charge >= 0.3 is 5.97 Å². The average molecular weight is 252 g/mol. The molecule has 1 aromatic rings. The third-order valence-electron chi connectivity index (χ3n) is 2.95. The molecule has 1 aliphatic rings. The highest BCUT2D eigenvalue weighted by Gasteiger charge is 2.36. The van der Waals surface area contributed by atoms with Crippen molar-refractivity contribution in [2.24, 2.45) is 0 Å². The smallest absolute Gasteiger partial charge is 0.302 e. The van der Waals surface area contributed by atoms with Crippen molar-refractivity contribution in [1.29, 1.82) is 0 Å². The number of nitrogens with zero attached hydrogens (tertiary/aromatic N) is 1. The molecule has 0 amide bonds. The number of esters is 1. The molecule has 2 unspecified atom stereocenters. The number of ether oxygens (including phenoxy) is 1. The van der Waals surface area contributed by atoms with Gasteiger partial charge in [-0.3, -0.25) is 4.79 Å². The SMILES string of the molecule is CC(=O)OCCN1C(O)c2ccc(N)cc2C1O. The van der Waals surface area contributed by atoms with Crippen molar-refractivity contribution < 1.29 is 19.7 Å². The molecule has 98 valence electrons. The molecule has 0 spiro atoms. The number of hydrogen-bond donors (Lipinski definition) is 3. The van der Waals surface area contributed by atoms with Gasteiger partial charge in [-0.15, -0.1) is 0 Å². The van der Waals surface area contributed by atoms with E-state index in [0.717, 1.165) is 0 Å². The van der Waals surface area contributed by atoms with Crippen molar-refractivity contribution >= 4 is 11.7 Å². The molecule has 0 saturated heterocycles. The summed E-state index contributed by atoms with van der Waals surface area (Å²) in [5.74, 6) is -0.389. The number of fused-ring (bicyclic) bond motifs is 1. The van der Waals surface area contributed by atoms with Crippen LogP contribution in [-0.2, 0) is 9.53 Å². The highest BCUT2D eigenvalue weighted by atomic mass is 16.5. The summed E-state index contributed by atoms with van der Waals surface area (Å²) in [6.45, 7) is 1.68. The second kappa shape index (κ2) is 4.93. The van der Waals surface area contributed by atoms with E-state index in [4.69, 9.17) is 10.5 Å². The zero-order valence-electron chi connectivity index (χ0n) is 10.0. The van der Waals surface area contributed by atoms with Crippen molar-refractivity contribution in [1.82, 2.24) is 4.90 Å². The van der Waals surface area contributed by atoms with Gasteiger partial charge in [0.15, 0.2) is 0 Å². The predicted octanol–water partition coefficient (Wildman–Crippen LogP) is 0.129. The van der Waals surface area contributed by atoms with Crippen molar-refractivity contribution in [2.75, 3.05) is 18.9 Å². The normalized spacial score (nSPS) is 22.8. The van der Waals surface area contributed by atoms with Gasteiger partial charge in [-0.1, -0.05) is 6.07 Å². The van der Waals surface area contributed by atoms with E-state index >= 15 is 0 Å². The summed E-state index contributed by atoms with van der Waals surface area (Å²) < 4.78 is 4.80. The van der Waals surface area contributed by atoms with E-state index in [9.17, 15) is 15.0 Å². The number of nitrogens with two attached hydrogens (primary N) is 1. The van der Waals surface area contributed by atoms with Gasteiger partial charge in [-0.05, 0) is 12.1 Å². The Morgan fingerprint density at radius 2 is 2.06 bits per heavy atom. The number of aliphatic hydroxyl groups excluding tert-OH is 2. The number of rotatable bonds is 3. The first-order chi connectivity index (χ1) is 8.50. The average Bonchev–Trinajstić information content (AvgIpc) is 2.53. The molecule has 6 nitrogen and oxygen atoms in total. The lowest BCUT2D eigenvalue weighted by Gasteiger charge is -2.23. The van der Waals surface area contributed by atoms with Gasteiger partial charge < -0.3 is 20.7 Å². The first-order valence-electron chi connectivity index (χ1n) is 5.65. The Labute approximate surface area is 105 Å². The molecule has 0 fully saturated rings. The van der Waals surface area contributed by atoms with Crippen LogP contribution in [0.4, 0.5) is 5.69 Å². The van der Waals surface area contributed by atoms with Gasteiger partial charge in [0.05, 0.1) is 0 Å². The maximum Gasteiger partial charge on any atom is 0.302 e. The van der Waals surface area contributed by atoms with E-state index < -0.39 is 12.5 Å². The molecule has 0 bridgehead atoms. The Balaban J connectivity index is 2.10. The Morgan fingerprint density at radius 3 is 2.72 bits per heavy atom. The van der Waals surface area contributed by atoms with Crippen molar-refractivity contribution in [3.63, 3.8) is 0 Å². The van der Waals surface area contributed by atoms with E-state index in [1.165, 1.54) is 11.8 Å². The van der Waals surface area contributed by atoms with Crippen LogP contribution < -0.4 is 5.73 Å². The van der Waals surface area contributed by atoms with E-state index in [-0.39, 0.29) is 19.1 Å². The summed E-state index contributed by atoms with van der Waals surface area (Å²) in [4.78, 5) is 12.1. The first kappa shape index (κ1) is 12.8. The Bertz CT molecular complexity index is 463. The van der Waals surface area contributed by atoms with Crippen LogP contribution in [0.5, 0.6) is 0 Å². The third-order valence-corrected chi connectivity index (χ3v) is 2.95. The zero-order valence-corrected chi connectivity index (χ0v) is 10.0. The number of hydrogen-bond acceptors (Lipinski definition) is 6. The molecule has 1 aromatic carbocycles. The van der Waals surface area contributed by atoms with Gasteiger partial charge in [0.25, 0.3) is 0 Å². The predicted molar refractivity (Wildman–Crippen MR) is 64.1 cm³/mol. The van der Waals surface area contributed by atoms with E-state index in [1.54, 1.807) is 18.2 Å². The van der Waals surface area contributed by atoms with Crippen LogP contribution in [-0.4, -0.2) is 34.2 Å². The van der Waals surface area contributed by atoms with Crippen LogP contribution >= 0.6 is 0 Å². The minimum absolute atomic E-state index is 0.118. The number of carbonyl (C=O) groups is 1. The summed E-state index contributed by atoms with van der Waals surface area (Å²) in [6.07, 6.45) is -1.85. The Morgan fingerprint density at radius 1 is 1.39 bits per heavy atom. The number of benzene rings is 1. The van der Waals surface area contributed by atoms with Gasteiger partial charge in [-0.25, -0.2) is 4.90 Å². The van der Waals surface area contributed by atoms with Crippen LogP contribution in [0.1, 0.15) is 30.5 Å². The van der Waals surface area contributed by atoms with E-state index in [2.05, 4.69) is 0 Å². The second-order valence-corrected chi connectivity index (χ2v) is 4.21. The molecule has 6 heteroatoms. The topological polar surface area (TPSA) is 96.0 Å². The minimum atomic E-state index is -0.936. The summed E-state index contributed by atoms with van der Waals surface area (Å²) in [5.41, 5.74) is 7.39. The van der Waals surface area contributed by atoms with Crippen LogP contribution in [0.3, 0.4) is 0 Å². The maximum atomic E-state index is 10.7. The highest BCUT2D eigenvalue weighted by Crippen LogP contribution is 2.39. The lowest BCUT2D eigenvalue weighted by atomic mass is 10.1. The van der Waals surface area contributed by atoms with Crippen LogP contribution in [0.25, 0.3) is 0 Å². The Kier molecular flexibility index (Phi) is 3.51. The van der Waals surface area contributed by atoms with Gasteiger partial charge in [0.2, 0.25) is 0 Å². The fourth-order valence-electron chi connectivity index (χ4n) is 2.08. The molecule has 0 saturated carbocycles. The number of carbonyl (C=O) groups excluding carboxylic acids is 1. The number of anilines is 1. The van der Waals surface area contributed by atoms with E-state index in [0.29, 0.717) is 16.8 Å². The largest absolute Gasteiger partial charge is 0.465 e. The molecule has 2 rings (SSSR count). The van der Waals surface area contributed by atoms with Crippen molar-refractivity contribution in [2.45, 2.75) is 19.4 Å². The molecule has 2 atom stereocenters. The Hall–Kier alpha value is -1.63. The van der Waals surface area contributed by atoms with Gasteiger partial charge in [-0.2, -0.15) is 0 Å². The van der Waals surface area contributed by atoms with Gasteiger partial charge in [0, 0.05) is 30.3 Å². The summed E-state index contributed by atoms with van der Waals surface area (Å²) in [7, 11) is 0. The number of aliphatic hydroxyl groups is 2. The summed E-state index contributed by atoms with van der Waals surface area (Å²) in [5, 5.41) is 20.1. The van der Waals surface area contributed by atoms with E-state index in [1.807, 2.05) is 0 Å². The van der Waals surface area contributed by atoms with Crippen LogP contribution in [0.15, 0.2) is 18.2 Å². The van der Waals surface area contributed by atoms with Crippen molar-refractivity contribution in [3.05, 3.63) is 29.3 Å². The summed E-state index contributed by atoms with van der Waals surface area (Å²) >= 11 is 0. The second-order valence-electron chi connectivity index (χ2n) is 4.21. The highest BCUT2D eigenvalue weighted by molar-refractivity contribution is 5.65. The molecule has 0 radical (unpaired) electrons. The molecular formula is C12H16N2O4. The maximum absolute atomic E-state index is 10.7. The molecule has 1 heterocycles. The third kappa shape index (κ3) is 2.31. The molecule has 0 aliphatic carbocycles. The molecule has 4 N–H and O–H groups in total. The zero-order chi connectivity index (χ0) is 13.3. The fraction of sp³-hybridized carbons (Fsp3) is 0.417. The lowest BCUT2D eigenvalue weighted by molar-refractivity contribution is -0.145. The van der Waals surface area contributed by atoms with Gasteiger partial charge in [0.1, 0.15) is 19.1 Å². The van der Waals surface area contributed by atoms with Crippen LogP contribution in [0.2, 0.25) is 0 Å². The first-order valence-corrected chi connectivity index (χ1v) is 5.65. The number of nitrogen functional groups attached to an aromatic ring is 1. The minimum Gasteiger partial charge on any atom is -0.465 e. The molecular weight excluding hydrogens is 236 g/mol. The van der Waals surface area contributed by atoms with Crippen molar-refractivity contribution in [3.8, 4) is 0 Å². The lowest BCUT2D eigenvalue weighted by Crippen LogP contribution is -2.30. The van der Waals surface area contributed by atoms with Crippen LogP contribution in [0, 0.1) is 0 Å². The standard InChI is InChI=1S/C12H16N2O4/c1-7(15)18-5-4-14-11(16)9-3-2-8(13)6-10(9)12(14)17/h2-3,6,11-12,16-17H,4-5,13H2,1H3. The molecule has 18 heavy (non-hydrogen) atoms.